The summed E-state index contributed by atoms with van der Waals surface area (Å²) in [6.45, 7) is 0.277. The van der Waals surface area contributed by atoms with Crippen molar-refractivity contribution in [2.24, 2.45) is 0 Å². The van der Waals surface area contributed by atoms with Crippen LogP contribution in [0.25, 0.3) is 0 Å². The molecule has 0 bridgehead atoms. The molecule has 0 aliphatic heterocycles. The van der Waals surface area contributed by atoms with Crippen LogP contribution in [0.5, 0.6) is 11.5 Å². The molecule has 3 aromatic carbocycles. The molecule has 0 aliphatic carbocycles. The molecular weight excluding hydrogens is 352 g/mol. The summed E-state index contributed by atoms with van der Waals surface area (Å²) >= 11 is 0. The van der Waals surface area contributed by atoms with Crippen LogP contribution in [-0.4, -0.2) is 18.4 Å². The van der Waals surface area contributed by atoms with Crippen molar-refractivity contribution in [3.8, 4) is 11.5 Å². The van der Waals surface area contributed by atoms with E-state index in [-0.39, 0.29) is 24.8 Å². The number of benzene rings is 3. The molecule has 0 heterocycles. The van der Waals surface area contributed by atoms with Gasteiger partial charge in [0.2, 0.25) is 11.8 Å². The molecule has 0 saturated carbocycles. The molecule has 3 rings (SSSR count). The Labute approximate surface area is 164 Å². The van der Waals surface area contributed by atoms with Gasteiger partial charge in [-0.3, -0.25) is 9.59 Å². The van der Waals surface area contributed by atoms with Gasteiger partial charge in [0.05, 0.1) is 12.1 Å². The van der Waals surface area contributed by atoms with Gasteiger partial charge < -0.3 is 15.4 Å². The van der Waals surface area contributed by atoms with Crippen LogP contribution in [0.1, 0.15) is 12.0 Å². The molecule has 2 N–H and O–H groups in total. The van der Waals surface area contributed by atoms with E-state index < -0.39 is 0 Å². The number of rotatable bonds is 8. The van der Waals surface area contributed by atoms with E-state index in [1.54, 1.807) is 12.1 Å². The van der Waals surface area contributed by atoms with Crippen molar-refractivity contribution in [2.75, 3.05) is 11.9 Å². The average Bonchev–Trinajstić information content (AvgIpc) is 2.71. The van der Waals surface area contributed by atoms with E-state index in [4.69, 9.17) is 4.74 Å². The number of para-hydroxylation sites is 3. The lowest BCUT2D eigenvalue weighted by Gasteiger charge is -2.12. The van der Waals surface area contributed by atoms with Gasteiger partial charge >= 0.3 is 0 Å². The number of ether oxygens (including phenoxy) is 1. The molecular formula is C23H22N2O3. The molecule has 0 atom stereocenters. The van der Waals surface area contributed by atoms with Crippen LogP contribution in [0, 0.1) is 0 Å². The van der Waals surface area contributed by atoms with Crippen molar-refractivity contribution in [1.29, 1.82) is 0 Å². The van der Waals surface area contributed by atoms with Crippen LogP contribution >= 0.6 is 0 Å². The second-order valence-electron chi connectivity index (χ2n) is 6.22. The first-order valence-electron chi connectivity index (χ1n) is 9.13. The van der Waals surface area contributed by atoms with Crippen molar-refractivity contribution in [3.63, 3.8) is 0 Å². The second kappa shape index (κ2) is 9.92. The summed E-state index contributed by atoms with van der Waals surface area (Å²) in [6, 6.07) is 26.1. The van der Waals surface area contributed by atoms with Gasteiger partial charge in [-0.2, -0.15) is 0 Å². The molecule has 0 radical (unpaired) electrons. The summed E-state index contributed by atoms with van der Waals surface area (Å²) < 4.78 is 5.84. The molecule has 2 amide bonds. The zero-order valence-electron chi connectivity index (χ0n) is 15.4. The van der Waals surface area contributed by atoms with Crippen molar-refractivity contribution < 1.29 is 14.3 Å². The van der Waals surface area contributed by atoms with Crippen molar-refractivity contribution in [3.05, 3.63) is 90.5 Å². The first-order valence-corrected chi connectivity index (χ1v) is 9.13. The van der Waals surface area contributed by atoms with E-state index >= 15 is 0 Å². The molecule has 0 aromatic heterocycles. The van der Waals surface area contributed by atoms with Crippen LogP contribution in [0.4, 0.5) is 5.69 Å². The molecule has 28 heavy (non-hydrogen) atoms. The maximum Gasteiger partial charge on any atom is 0.226 e. The van der Waals surface area contributed by atoms with Crippen molar-refractivity contribution in [1.82, 2.24) is 5.32 Å². The Morgan fingerprint density at radius 3 is 2.14 bits per heavy atom. The number of hydrogen-bond acceptors (Lipinski definition) is 3. The third-order valence-electron chi connectivity index (χ3n) is 4.01. The Kier molecular flexibility index (Phi) is 6.79. The van der Waals surface area contributed by atoms with Crippen molar-refractivity contribution >= 4 is 17.5 Å². The van der Waals surface area contributed by atoms with Gasteiger partial charge in [-0.15, -0.1) is 0 Å². The third kappa shape index (κ3) is 5.99. The SMILES string of the molecule is O=C(Cc1ccccc1)NCCC(=O)Nc1ccccc1Oc1ccccc1. The lowest BCUT2D eigenvalue weighted by Crippen LogP contribution is -2.28. The molecule has 5 nitrogen and oxygen atoms in total. The molecule has 0 fully saturated rings. The lowest BCUT2D eigenvalue weighted by atomic mass is 10.1. The fraction of sp³-hybridized carbons (Fsp3) is 0.130. The molecule has 0 unspecified atom stereocenters. The molecule has 5 heteroatoms. The highest BCUT2D eigenvalue weighted by Gasteiger charge is 2.09. The lowest BCUT2D eigenvalue weighted by molar-refractivity contribution is -0.120. The second-order valence-corrected chi connectivity index (χ2v) is 6.22. The highest BCUT2D eigenvalue weighted by molar-refractivity contribution is 5.92. The number of amides is 2. The maximum absolute atomic E-state index is 12.2. The summed E-state index contributed by atoms with van der Waals surface area (Å²) in [5, 5.41) is 5.61. The standard InChI is InChI=1S/C23H22N2O3/c26-22(15-16-24-23(27)17-18-9-3-1-4-10-18)25-20-13-7-8-14-21(20)28-19-11-5-2-6-12-19/h1-14H,15-17H2,(H,24,27)(H,25,26). The van der Waals surface area contributed by atoms with E-state index in [0.29, 0.717) is 23.6 Å². The minimum atomic E-state index is -0.191. The average molecular weight is 374 g/mol. The zero-order valence-corrected chi connectivity index (χ0v) is 15.4. The van der Waals surface area contributed by atoms with Crippen LogP contribution in [0.15, 0.2) is 84.9 Å². The fourth-order valence-electron chi connectivity index (χ4n) is 2.65. The fourth-order valence-corrected chi connectivity index (χ4v) is 2.65. The predicted octanol–water partition coefficient (Wildman–Crippen LogP) is 4.17. The zero-order chi connectivity index (χ0) is 19.6. The summed E-state index contributed by atoms with van der Waals surface area (Å²) in [7, 11) is 0. The Bertz CT molecular complexity index is 911. The van der Waals surface area contributed by atoms with E-state index in [9.17, 15) is 9.59 Å². The Balaban J connectivity index is 1.48. The monoisotopic (exact) mass is 374 g/mol. The molecule has 142 valence electrons. The molecule has 3 aromatic rings. The third-order valence-corrected chi connectivity index (χ3v) is 4.01. The number of nitrogens with one attached hydrogen (secondary N) is 2. The first kappa shape index (κ1) is 19.2. The van der Waals surface area contributed by atoms with Gasteiger partial charge in [0.25, 0.3) is 0 Å². The van der Waals surface area contributed by atoms with Gasteiger partial charge in [-0.1, -0.05) is 60.7 Å². The van der Waals surface area contributed by atoms with Gasteiger partial charge in [0, 0.05) is 13.0 Å². The number of carbonyl (C=O) groups excluding carboxylic acids is 2. The topological polar surface area (TPSA) is 67.4 Å². The normalized spacial score (nSPS) is 10.1. The maximum atomic E-state index is 12.2. The number of carbonyl (C=O) groups is 2. The summed E-state index contributed by atoms with van der Waals surface area (Å²) in [4.78, 5) is 24.2. The minimum Gasteiger partial charge on any atom is -0.455 e. The number of anilines is 1. The van der Waals surface area contributed by atoms with E-state index in [1.807, 2.05) is 72.8 Å². The van der Waals surface area contributed by atoms with Crippen molar-refractivity contribution in [2.45, 2.75) is 12.8 Å². The van der Waals surface area contributed by atoms with E-state index in [0.717, 1.165) is 5.56 Å². The molecule has 0 spiro atoms. The van der Waals surface area contributed by atoms with E-state index in [2.05, 4.69) is 10.6 Å². The summed E-state index contributed by atoms with van der Waals surface area (Å²) in [5.74, 6) is 0.962. The largest absolute Gasteiger partial charge is 0.455 e. The quantitative estimate of drug-likeness (QED) is 0.622. The number of hydrogen-bond donors (Lipinski definition) is 2. The highest BCUT2D eigenvalue weighted by atomic mass is 16.5. The molecule has 0 aliphatic rings. The predicted molar refractivity (Wildman–Crippen MR) is 109 cm³/mol. The Hall–Kier alpha value is -3.60. The van der Waals surface area contributed by atoms with Gasteiger partial charge in [-0.25, -0.2) is 0 Å². The Morgan fingerprint density at radius 1 is 0.750 bits per heavy atom. The van der Waals surface area contributed by atoms with Crippen LogP contribution in [0.3, 0.4) is 0 Å². The summed E-state index contributed by atoms with van der Waals surface area (Å²) in [5.41, 5.74) is 1.53. The first-order chi connectivity index (χ1) is 13.7. The van der Waals surface area contributed by atoms with Crippen LogP contribution in [0.2, 0.25) is 0 Å². The van der Waals surface area contributed by atoms with E-state index in [1.165, 1.54) is 0 Å². The smallest absolute Gasteiger partial charge is 0.226 e. The van der Waals surface area contributed by atoms with Gasteiger partial charge in [0.1, 0.15) is 5.75 Å². The van der Waals surface area contributed by atoms with Crippen LogP contribution in [-0.2, 0) is 16.0 Å². The highest BCUT2D eigenvalue weighted by Crippen LogP contribution is 2.29. The van der Waals surface area contributed by atoms with Crippen LogP contribution < -0.4 is 15.4 Å². The van der Waals surface area contributed by atoms with Gasteiger partial charge in [-0.05, 0) is 29.8 Å². The summed E-state index contributed by atoms with van der Waals surface area (Å²) in [6.07, 6.45) is 0.483. The molecule has 0 saturated heterocycles. The van der Waals surface area contributed by atoms with Gasteiger partial charge in [0.15, 0.2) is 5.75 Å². The Morgan fingerprint density at radius 2 is 1.39 bits per heavy atom. The minimum absolute atomic E-state index is 0.105.